The van der Waals surface area contributed by atoms with E-state index in [4.69, 9.17) is 9.47 Å². The molecule has 14 heteroatoms. The van der Waals surface area contributed by atoms with Gasteiger partial charge in [-0.05, 0) is 65.5 Å². The van der Waals surface area contributed by atoms with Gasteiger partial charge in [0.15, 0.2) is 0 Å². The fourth-order valence-corrected chi connectivity index (χ4v) is 4.82. The molecule has 0 unspecified atom stereocenters. The molecule has 0 fully saturated rings. The lowest BCUT2D eigenvalue weighted by Crippen LogP contribution is -2.44. The van der Waals surface area contributed by atoms with Gasteiger partial charge in [-0.25, -0.2) is 9.59 Å². The molecular formula is C38H56N6O8. The first kappa shape index (κ1) is 43.0. The Hall–Kier alpha value is -5.14. The number of ether oxygens (including phenoxy) is 2. The third kappa shape index (κ3) is 18.7. The summed E-state index contributed by atoms with van der Waals surface area (Å²) >= 11 is 0. The van der Waals surface area contributed by atoms with Crippen LogP contribution in [0.5, 0.6) is 0 Å². The van der Waals surface area contributed by atoms with Gasteiger partial charge in [-0.2, -0.15) is 0 Å². The van der Waals surface area contributed by atoms with Crippen LogP contribution in [0.4, 0.5) is 9.59 Å². The zero-order valence-corrected chi connectivity index (χ0v) is 31.3. The SMILES string of the molecule is CC(C)(C)OC(=O)N[C@H](C(=O)NCCNC(=O)CCCCCCC(=O)NCCNC(=O)[C@@H](NC(=O)OC(C)(C)C)c1ccccc1)c1ccccc1. The minimum Gasteiger partial charge on any atom is -0.444 e. The van der Waals surface area contributed by atoms with Crippen molar-refractivity contribution in [3.8, 4) is 0 Å². The molecular weight excluding hydrogens is 668 g/mol. The average Bonchev–Trinajstić information content (AvgIpc) is 3.07. The molecule has 2 rings (SSSR count). The van der Waals surface area contributed by atoms with Gasteiger partial charge in [0.25, 0.3) is 0 Å². The predicted molar refractivity (Wildman–Crippen MR) is 197 cm³/mol. The van der Waals surface area contributed by atoms with E-state index < -0.39 is 47.3 Å². The van der Waals surface area contributed by atoms with E-state index in [9.17, 15) is 28.8 Å². The van der Waals surface area contributed by atoms with Crippen LogP contribution in [-0.4, -0.2) is 73.2 Å². The number of alkyl carbamates (subject to hydrolysis) is 2. The Morgan fingerprint density at radius 3 is 1.15 bits per heavy atom. The van der Waals surface area contributed by atoms with E-state index >= 15 is 0 Å². The topological polar surface area (TPSA) is 193 Å². The molecule has 6 amide bonds. The first-order valence-electron chi connectivity index (χ1n) is 17.7. The van der Waals surface area contributed by atoms with E-state index in [1.165, 1.54) is 0 Å². The third-order valence-electron chi connectivity index (χ3n) is 7.16. The van der Waals surface area contributed by atoms with E-state index in [-0.39, 0.29) is 38.0 Å². The van der Waals surface area contributed by atoms with Crippen LogP contribution >= 0.6 is 0 Å². The van der Waals surface area contributed by atoms with Crippen molar-refractivity contribution >= 4 is 35.8 Å². The summed E-state index contributed by atoms with van der Waals surface area (Å²) in [6.45, 7) is 11.2. The van der Waals surface area contributed by atoms with Crippen molar-refractivity contribution in [2.45, 2.75) is 103 Å². The molecule has 2 aromatic carbocycles. The number of benzene rings is 2. The minimum atomic E-state index is -0.956. The lowest BCUT2D eigenvalue weighted by molar-refractivity contribution is -0.124. The van der Waals surface area contributed by atoms with Gasteiger partial charge in [-0.3, -0.25) is 19.2 Å². The molecule has 0 aliphatic rings. The fraction of sp³-hybridized carbons (Fsp3) is 0.526. The number of nitrogens with one attached hydrogen (secondary N) is 6. The Bertz CT molecular complexity index is 1330. The maximum atomic E-state index is 12.9. The Kier molecular flexibility index (Phi) is 18.2. The van der Waals surface area contributed by atoms with Gasteiger partial charge in [0, 0.05) is 39.0 Å². The summed E-state index contributed by atoms with van der Waals surface area (Å²) in [6, 6.07) is 15.7. The highest BCUT2D eigenvalue weighted by atomic mass is 16.6. The Labute approximate surface area is 306 Å². The zero-order valence-electron chi connectivity index (χ0n) is 31.3. The highest BCUT2D eigenvalue weighted by Gasteiger charge is 2.27. The minimum absolute atomic E-state index is 0.142. The summed E-state index contributed by atoms with van der Waals surface area (Å²) in [5.74, 6) is -1.14. The summed E-state index contributed by atoms with van der Waals surface area (Å²) in [4.78, 5) is 75.0. The lowest BCUT2D eigenvalue weighted by Gasteiger charge is -2.23. The van der Waals surface area contributed by atoms with Crippen LogP contribution in [0.25, 0.3) is 0 Å². The fourth-order valence-electron chi connectivity index (χ4n) is 4.82. The summed E-state index contributed by atoms with van der Waals surface area (Å²) in [7, 11) is 0. The van der Waals surface area contributed by atoms with Crippen molar-refractivity contribution in [2.24, 2.45) is 0 Å². The van der Waals surface area contributed by atoms with Crippen LogP contribution in [-0.2, 0) is 28.7 Å². The molecule has 2 atom stereocenters. The smallest absolute Gasteiger partial charge is 0.408 e. The van der Waals surface area contributed by atoms with E-state index in [1.54, 1.807) is 90.1 Å². The van der Waals surface area contributed by atoms with Crippen molar-refractivity contribution in [3.63, 3.8) is 0 Å². The first-order chi connectivity index (χ1) is 24.5. The van der Waals surface area contributed by atoms with Gasteiger partial charge >= 0.3 is 12.2 Å². The van der Waals surface area contributed by atoms with Crippen LogP contribution in [0.3, 0.4) is 0 Å². The molecule has 0 heterocycles. The number of carbonyl (C=O) groups is 6. The Morgan fingerprint density at radius 1 is 0.500 bits per heavy atom. The lowest BCUT2D eigenvalue weighted by atomic mass is 10.1. The highest BCUT2D eigenvalue weighted by molar-refractivity contribution is 5.87. The average molecular weight is 725 g/mol. The van der Waals surface area contributed by atoms with Gasteiger partial charge in [-0.15, -0.1) is 0 Å². The monoisotopic (exact) mass is 724 g/mol. The van der Waals surface area contributed by atoms with Crippen molar-refractivity contribution in [1.29, 1.82) is 0 Å². The van der Waals surface area contributed by atoms with Crippen LogP contribution in [0.1, 0.15) is 103 Å². The third-order valence-corrected chi connectivity index (χ3v) is 7.16. The van der Waals surface area contributed by atoms with Gasteiger partial charge in [0.05, 0.1) is 0 Å². The molecule has 0 spiro atoms. The number of hydrogen-bond donors (Lipinski definition) is 6. The molecule has 286 valence electrons. The first-order valence-corrected chi connectivity index (χ1v) is 17.7. The van der Waals surface area contributed by atoms with Crippen LogP contribution in [0, 0.1) is 0 Å². The van der Waals surface area contributed by atoms with Crippen LogP contribution in [0.2, 0.25) is 0 Å². The van der Waals surface area contributed by atoms with Crippen molar-refractivity contribution in [1.82, 2.24) is 31.9 Å². The summed E-state index contributed by atoms with van der Waals surface area (Å²) < 4.78 is 10.6. The summed E-state index contributed by atoms with van der Waals surface area (Å²) in [6.07, 6.45) is 2.07. The maximum absolute atomic E-state index is 12.9. The van der Waals surface area contributed by atoms with E-state index in [0.29, 0.717) is 36.8 Å². The normalized spacial score (nSPS) is 12.3. The molecule has 0 aliphatic carbocycles. The zero-order chi connectivity index (χ0) is 38.6. The molecule has 0 aromatic heterocycles. The van der Waals surface area contributed by atoms with Gasteiger partial charge in [-0.1, -0.05) is 73.5 Å². The van der Waals surface area contributed by atoms with E-state index in [0.717, 1.165) is 12.8 Å². The highest BCUT2D eigenvalue weighted by Crippen LogP contribution is 2.16. The largest absolute Gasteiger partial charge is 0.444 e. The standard InChI is InChI=1S/C38H56N6O8/c1-37(2,3)51-35(49)43-31(27-17-11-9-12-18-27)33(47)41-25-23-39-29(45)21-15-7-8-16-22-30(46)40-24-26-42-34(48)32(28-19-13-10-14-20-28)44-36(50)52-38(4,5)6/h9-14,17-20,31-32H,7-8,15-16,21-26H2,1-6H3,(H,39,45)(H,40,46)(H,41,47)(H,42,48)(H,43,49)(H,44,50)/t31-,32-/m0/s1. The Balaban J connectivity index is 1.59. The van der Waals surface area contributed by atoms with E-state index in [2.05, 4.69) is 31.9 Å². The Morgan fingerprint density at radius 2 is 0.827 bits per heavy atom. The molecule has 6 N–H and O–H groups in total. The van der Waals surface area contributed by atoms with Gasteiger partial charge < -0.3 is 41.4 Å². The van der Waals surface area contributed by atoms with Gasteiger partial charge in [0.2, 0.25) is 23.6 Å². The second-order valence-corrected chi connectivity index (χ2v) is 14.2. The molecule has 0 saturated carbocycles. The molecule has 0 bridgehead atoms. The van der Waals surface area contributed by atoms with Gasteiger partial charge in [0.1, 0.15) is 23.3 Å². The quantitative estimate of drug-likeness (QED) is 0.115. The molecule has 14 nitrogen and oxygen atoms in total. The summed E-state index contributed by atoms with van der Waals surface area (Å²) in [5.41, 5.74) is -0.245. The predicted octanol–water partition coefficient (Wildman–Crippen LogP) is 4.32. The molecule has 2 aromatic rings. The number of rotatable bonds is 19. The van der Waals surface area contributed by atoms with Crippen molar-refractivity contribution in [2.75, 3.05) is 26.2 Å². The van der Waals surface area contributed by atoms with E-state index in [1.807, 2.05) is 12.1 Å². The molecule has 52 heavy (non-hydrogen) atoms. The summed E-state index contributed by atoms with van der Waals surface area (Å²) in [5, 5.41) is 16.3. The second kappa shape index (κ2) is 21.9. The van der Waals surface area contributed by atoms with Crippen molar-refractivity contribution < 1.29 is 38.2 Å². The van der Waals surface area contributed by atoms with Crippen molar-refractivity contribution in [3.05, 3.63) is 71.8 Å². The number of carbonyl (C=O) groups excluding carboxylic acids is 6. The van der Waals surface area contributed by atoms with Crippen LogP contribution < -0.4 is 31.9 Å². The molecule has 0 radical (unpaired) electrons. The maximum Gasteiger partial charge on any atom is 0.408 e. The number of hydrogen-bond acceptors (Lipinski definition) is 8. The number of amides is 6. The molecule has 0 saturated heterocycles. The second-order valence-electron chi connectivity index (χ2n) is 14.2. The molecule has 0 aliphatic heterocycles. The van der Waals surface area contributed by atoms with Crippen LogP contribution in [0.15, 0.2) is 60.7 Å². The number of unbranched alkanes of at least 4 members (excludes halogenated alkanes) is 3.